The molecule has 0 saturated heterocycles. The standard InChI is InChI=1S/C23H28N2O4/c1-16(23(2,3)22(28)29-4)24-21(27)19(15-17-11-7-5-8-12-17)25-20(26)18-13-9-6-10-14-18/h5-14,16,19H,15H2,1-4H3,(H,24,27)(H,25,26)/t16-,19+/m1/s1. The van der Waals surface area contributed by atoms with Gasteiger partial charge in [0.1, 0.15) is 6.04 Å². The number of benzene rings is 2. The third kappa shape index (κ3) is 5.91. The average molecular weight is 396 g/mol. The van der Waals surface area contributed by atoms with E-state index >= 15 is 0 Å². The van der Waals surface area contributed by atoms with Crippen molar-refractivity contribution in [3.63, 3.8) is 0 Å². The highest BCUT2D eigenvalue weighted by atomic mass is 16.5. The molecule has 0 aliphatic rings. The predicted molar refractivity (Wildman–Crippen MR) is 111 cm³/mol. The van der Waals surface area contributed by atoms with E-state index in [1.807, 2.05) is 36.4 Å². The van der Waals surface area contributed by atoms with Gasteiger partial charge in [-0.1, -0.05) is 48.5 Å². The Labute approximate surface area is 171 Å². The molecule has 0 aliphatic heterocycles. The van der Waals surface area contributed by atoms with Crippen molar-refractivity contribution in [1.82, 2.24) is 10.6 Å². The monoisotopic (exact) mass is 396 g/mol. The van der Waals surface area contributed by atoms with Crippen LogP contribution in [0, 0.1) is 5.41 Å². The molecule has 0 unspecified atom stereocenters. The Morgan fingerprint density at radius 1 is 0.931 bits per heavy atom. The summed E-state index contributed by atoms with van der Waals surface area (Å²) in [5.74, 6) is -1.11. The van der Waals surface area contributed by atoms with Gasteiger partial charge in [-0.25, -0.2) is 0 Å². The van der Waals surface area contributed by atoms with Crippen LogP contribution < -0.4 is 10.6 Å². The third-order valence-electron chi connectivity index (χ3n) is 5.09. The van der Waals surface area contributed by atoms with Crippen molar-refractivity contribution in [2.45, 2.75) is 39.3 Å². The lowest BCUT2D eigenvalue weighted by atomic mass is 9.85. The lowest BCUT2D eigenvalue weighted by Gasteiger charge is -2.31. The molecular formula is C23H28N2O4. The van der Waals surface area contributed by atoms with Gasteiger partial charge in [-0.05, 0) is 38.5 Å². The second-order valence-electron chi connectivity index (χ2n) is 7.53. The maximum Gasteiger partial charge on any atom is 0.313 e. The summed E-state index contributed by atoms with van der Waals surface area (Å²) in [6, 6.07) is 16.9. The maximum atomic E-state index is 13.0. The van der Waals surface area contributed by atoms with E-state index in [-0.39, 0.29) is 11.8 Å². The Balaban J connectivity index is 2.18. The van der Waals surface area contributed by atoms with Crippen molar-refractivity contribution in [3.8, 4) is 0 Å². The van der Waals surface area contributed by atoms with E-state index in [2.05, 4.69) is 10.6 Å². The highest BCUT2D eigenvalue weighted by Crippen LogP contribution is 2.22. The van der Waals surface area contributed by atoms with Crippen molar-refractivity contribution in [1.29, 1.82) is 0 Å². The molecule has 0 heterocycles. The van der Waals surface area contributed by atoms with E-state index in [0.717, 1.165) is 5.56 Å². The Hall–Kier alpha value is -3.15. The summed E-state index contributed by atoms with van der Waals surface area (Å²) in [5.41, 5.74) is 0.479. The van der Waals surface area contributed by atoms with Crippen molar-refractivity contribution in [2.24, 2.45) is 5.41 Å². The molecule has 6 nitrogen and oxygen atoms in total. The summed E-state index contributed by atoms with van der Waals surface area (Å²) in [7, 11) is 1.32. The van der Waals surface area contributed by atoms with Crippen molar-refractivity contribution < 1.29 is 19.1 Å². The van der Waals surface area contributed by atoms with Crippen LogP contribution >= 0.6 is 0 Å². The topological polar surface area (TPSA) is 84.5 Å². The third-order valence-corrected chi connectivity index (χ3v) is 5.09. The van der Waals surface area contributed by atoms with Gasteiger partial charge in [-0.3, -0.25) is 14.4 Å². The molecule has 2 aromatic carbocycles. The van der Waals surface area contributed by atoms with E-state index in [4.69, 9.17) is 4.74 Å². The smallest absolute Gasteiger partial charge is 0.313 e. The van der Waals surface area contributed by atoms with Crippen molar-refractivity contribution >= 4 is 17.8 Å². The van der Waals surface area contributed by atoms with Gasteiger partial charge in [0.2, 0.25) is 5.91 Å². The van der Waals surface area contributed by atoms with Gasteiger partial charge in [0.15, 0.2) is 0 Å². The highest BCUT2D eigenvalue weighted by Gasteiger charge is 2.37. The number of amides is 2. The van der Waals surface area contributed by atoms with Crippen molar-refractivity contribution in [2.75, 3.05) is 7.11 Å². The van der Waals surface area contributed by atoms with E-state index in [1.54, 1.807) is 45.0 Å². The predicted octanol–water partition coefficient (Wildman–Crippen LogP) is 2.73. The molecule has 2 rings (SSSR count). The molecular weight excluding hydrogens is 368 g/mol. The van der Waals surface area contributed by atoms with Gasteiger partial charge in [0, 0.05) is 18.0 Å². The highest BCUT2D eigenvalue weighted by molar-refractivity contribution is 5.97. The van der Waals surface area contributed by atoms with Gasteiger partial charge in [0.05, 0.1) is 12.5 Å². The van der Waals surface area contributed by atoms with Gasteiger partial charge < -0.3 is 15.4 Å². The molecule has 0 aromatic heterocycles. The summed E-state index contributed by atoms with van der Waals surface area (Å²) in [5, 5.41) is 5.67. The van der Waals surface area contributed by atoms with Gasteiger partial charge in [0.25, 0.3) is 5.91 Å². The number of methoxy groups -OCH3 is 1. The minimum absolute atomic E-state index is 0.330. The molecule has 0 fully saturated rings. The van der Waals surface area contributed by atoms with E-state index in [9.17, 15) is 14.4 Å². The molecule has 2 N–H and O–H groups in total. The molecule has 0 spiro atoms. The van der Waals surface area contributed by atoms with Gasteiger partial charge in [-0.15, -0.1) is 0 Å². The summed E-state index contributed by atoms with van der Waals surface area (Å²) < 4.78 is 4.84. The molecule has 0 aliphatic carbocycles. The molecule has 0 saturated carbocycles. The molecule has 6 heteroatoms. The first kappa shape index (κ1) is 22.1. The van der Waals surface area contributed by atoms with Crippen LogP contribution in [0.5, 0.6) is 0 Å². The molecule has 2 amide bonds. The molecule has 0 bridgehead atoms. The van der Waals surface area contributed by atoms with E-state index in [0.29, 0.717) is 12.0 Å². The minimum atomic E-state index is -0.912. The number of nitrogens with one attached hydrogen (secondary N) is 2. The zero-order chi connectivity index (χ0) is 21.4. The zero-order valence-corrected chi connectivity index (χ0v) is 17.3. The molecule has 154 valence electrons. The van der Waals surface area contributed by atoms with Crippen LogP contribution in [-0.4, -0.2) is 37.0 Å². The van der Waals surface area contributed by atoms with E-state index < -0.39 is 23.5 Å². The SMILES string of the molecule is COC(=O)C(C)(C)[C@@H](C)NC(=O)[C@H](Cc1ccccc1)NC(=O)c1ccccc1. The number of hydrogen-bond acceptors (Lipinski definition) is 4. The van der Waals surface area contributed by atoms with Crippen LogP contribution in [0.1, 0.15) is 36.7 Å². The number of rotatable bonds is 8. The van der Waals surface area contributed by atoms with Crippen LogP contribution in [0.3, 0.4) is 0 Å². The lowest BCUT2D eigenvalue weighted by molar-refractivity contribution is -0.152. The first-order valence-electron chi connectivity index (χ1n) is 9.54. The average Bonchev–Trinajstić information content (AvgIpc) is 2.73. The molecule has 2 atom stereocenters. The van der Waals surface area contributed by atoms with Gasteiger partial charge >= 0.3 is 5.97 Å². The second-order valence-corrected chi connectivity index (χ2v) is 7.53. The fourth-order valence-corrected chi connectivity index (χ4v) is 2.82. The second kappa shape index (κ2) is 9.87. The largest absolute Gasteiger partial charge is 0.469 e. The number of esters is 1. The summed E-state index contributed by atoms with van der Waals surface area (Å²) in [6.45, 7) is 5.16. The number of carbonyl (C=O) groups excluding carboxylic acids is 3. The summed E-state index contributed by atoms with van der Waals surface area (Å²) in [6.07, 6.45) is 0.330. The fourth-order valence-electron chi connectivity index (χ4n) is 2.82. The lowest BCUT2D eigenvalue weighted by Crippen LogP contribution is -2.54. The molecule has 2 aromatic rings. The van der Waals surface area contributed by atoms with Crippen molar-refractivity contribution in [3.05, 3.63) is 71.8 Å². The van der Waals surface area contributed by atoms with Crippen LogP contribution in [0.2, 0.25) is 0 Å². The van der Waals surface area contributed by atoms with Crippen LogP contribution in [0.25, 0.3) is 0 Å². The maximum absolute atomic E-state index is 13.0. The van der Waals surface area contributed by atoms with Crippen LogP contribution in [-0.2, 0) is 20.7 Å². The summed E-state index contributed by atoms with van der Waals surface area (Å²) >= 11 is 0. The quantitative estimate of drug-likeness (QED) is 0.672. The molecule has 0 radical (unpaired) electrons. The number of hydrogen-bond donors (Lipinski definition) is 2. The first-order valence-corrected chi connectivity index (χ1v) is 9.54. The zero-order valence-electron chi connectivity index (χ0n) is 17.3. The first-order chi connectivity index (χ1) is 13.8. The Morgan fingerprint density at radius 2 is 1.48 bits per heavy atom. The summed E-state index contributed by atoms with van der Waals surface area (Å²) in [4.78, 5) is 37.7. The number of carbonyl (C=O) groups is 3. The Kier molecular flexibility index (Phi) is 7.53. The minimum Gasteiger partial charge on any atom is -0.469 e. The van der Waals surface area contributed by atoms with Gasteiger partial charge in [-0.2, -0.15) is 0 Å². The normalized spacial score (nSPS) is 13.1. The Morgan fingerprint density at radius 3 is 2.03 bits per heavy atom. The Bertz CT molecular complexity index is 834. The van der Waals surface area contributed by atoms with E-state index in [1.165, 1.54) is 7.11 Å². The van der Waals surface area contributed by atoms with Crippen LogP contribution in [0.15, 0.2) is 60.7 Å². The van der Waals surface area contributed by atoms with Crippen LogP contribution in [0.4, 0.5) is 0 Å². The fraction of sp³-hybridized carbons (Fsp3) is 0.348. The molecule has 29 heavy (non-hydrogen) atoms. The number of ether oxygens (including phenoxy) is 1.